The SMILES string of the molecule is Cc1cc(C)cc(N(CCCC(=O)N(C)Cc2nc(-c3ccccc3C)no2)S(C)(=O)=O)c1. The molecule has 2 aromatic carbocycles. The molecular weight excluding hydrogens is 440 g/mol. The highest BCUT2D eigenvalue weighted by molar-refractivity contribution is 7.92. The van der Waals surface area contributed by atoms with Gasteiger partial charge in [-0.05, 0) is 56.0 Å². The Balaban J connectivity index is 1.59. The van der Waals surface area contributed by atoms with Gasteiger partial charge in [-0.25, -0.2) is 8.42 Å². The zero-order valence-electron chi connectivity index (χ0n) is 19.7. The number of hydrogen-bond acceptors (Lipinski definition) is 6. The number of amides is 1. The fourth-order valence-corrected chi connectivity index (χ4v) is 4.64. The van der Waals surface area contributed by atoms with Gasteiger partial charge in [0.2, 0.25) is 27.6 Å². The van der Waals surface area contributed by atoms with Crippen LogP contribution in [0, 0.1) is 20.8 Å². The van der Waals surface area contributed by atoms with Gasteiger partial charge < -0.3 is 9.42 Å². The quantitative estimate of drug-likeness (QED) is 0.471. The van der Waals surface area contributed by atoms with Crippen molar-refractivity contribution in [2.75, 3.05) is 24.2 Å². The summed E-state index contributed by atoms with van der Waals surface area (Å²) >= 11 is 0. The van der Waals surface area contributed by atoms with Crippen LogP contribution >= 0.6 is 0 Å². The number of hydrogen-bond donors (Lipinski definition) is 0. The Morgan fingerprint density at radius 1 is 1.06 bits per heavy atom. The van der Waals surface area contributed by atoms with Crippen molar-refractivity contribution >= 4 is 21.6 Å². The van der Waals surface area contributed by atoms with Crippen LogP contribution in [-0.2, 0) is 21.4 Å². The van der Waals surface area contributed by atoms with Crippen molar-refractivity contribution in [3.63, 3.8) is 0 Å². The third-order valence-electron chi connectivity index (χ3n) is 5.30. The Bertz CT molecular complexity index is 1220. The molecule has 0 saturated heterocycles. The zero-order chi connectivity index (χ0) is 24.2. The number of aromatic nitrogens is 2. The molecule has 3 rings (SSSR count). The lowest BCUT2D eigenvalue weighted by molar-refractivity contribution is -0.130. The van der Waals surface area contributed by atoms with Gasteiger partial charge in [-0.2, -0.15) is 4.98 Å². The van der Waals surface area contributed by atoms with Crippen molar-refractivity contribution in [2.45, 2.75) is 40.2 Å². The summed E-state index contributed by atoms with van der Waals surface area (Å²) in [5.74, 6) is 0.706. The van der Waals surface area contributed by atoms with E-state index in [4.69, 9.17) is 4.52 Å². The number of anilines is 1. The zero-order valence-corrected chi connectivity index (χ0v) is 20.5. The molecule has 0 atom stereocenters. The molecule has 8 nitrogen and oxygen atoms in total. The number of sulfonamides is 1. The van der Waals surface area contributed by atoms with Crippen LogP contribution < -0.4 is 4.31 Å². The van der Waals surface area contributed by atoms with E-state index in [2.05, 4.69) is 10.1 Å². The summed E-state index contributed by atoms with van der Waals surface area (Å²) in [5.41, 5.74) is 4.51. The van der Waals surface area contributed by atoms with Crippen molar-refractivity contribution in [3.05, 3.63) is 65.0 Å². The van der Waals surface area contributed by atoms with Gasteiger partial charge in [0.15, 0.2) is 0 Å². The lowest BCUT2D eigenvalue weighted by atomic mass is 10.1. The van der Waals surface area contributed by atoms with E-state index in [0.29, 0.717) is 23.8 Å². The van der Waals surface area contributed by atoms with Gasteiger partial charge in [0.1, 0.15) is 0 Å². The van der Waals surface area contributed by atoms with Crippen molar-refractivity contribution < 1.29 is 17.7 Å². The highest BCUT2D eigenvalue weighted by Gasteiger charge is 2.20. The van der Waals surface area contributed by atoms with Crippen LogP contribution in [0.1, 0.15) is 35.4 Å². The first-order chi connectivity index (χ1) is 15.5. The maximum atomic E-state index is 12.6. The van der Waals surface area contributed by atoms with Crippen molar-refractivity contribution in [1.29, 1.82) is 0 Å². The molecule has 1 amide bonds. The molecule has 0 unspecified atom stereocenters. The number of benzene rings is 2. The number of rotatable bonds is 9. The van der Waals surface area contributed by atoms with Gasteiger partial charge in [0, 0.05) is 25.6 Å². The summed E-state index contributed by atoms with van der Waals surface area (Å²) in [5, 5.41) is 4.02. The summed E-state index contributed by atoms with van der Waals surface area (Å²) in [4.78, 5) is 18.5. The van der Waals surface area contributed by atoms with E-state index >= 15 is 0 Å². The summed E-state index contributed by atoms with van der Waals surface area (Å²) in [6, 6.07) is 13.4. The van der Waals surface area contributed by atoms with Gasteiger partial charge in [0.05, 0.1) is 18.5 Å². The second-order valence-corrected chi connectivity index (χ2v) is 10.3. The molecule has 0 radical (unpaired) electrons. The van der Waals surface area contributed by atoms with Crippen molar-refractivity contribution in [2.24, 2.45) is 0 Å². The Morgan fingerprint density at radius 2 is 1.73 bits per heavy atom. The molecular formula is C24H30N4O4S. The summed E-state index contributed by atoms with van der Waals surface area (Å²) < 4.78 is 31.4. The van der Waals surface area contributed by atoms with Gasteiger partial charge >= 0.3 is 0 Å². The Kier molecular flexibility index (Phi) is 7.53. The fraction of sp³-hybridized carbons (Fsp3) is 0.375. The summed E-state index contributed by atoms with van der Waals surface area (Å²) in [6.45, 7) is 6.23. The first-order valence-corrected chi connectivity index (χ1v) is 12.6. The van der Waals surface area contributed by atoms with E-state index in [1.54, 1.807) is 7.05 Å². The van der Waals surface area contributed by atoms with Gasteiger partial charge in [-0.1, -0.05) is 35.5 Å². The molecule has 0 saturated carbocycles. The van der Waals surface area contributed by atoms with E-state index in [9.17, 15) is 13.2 Å². The molecule has 33 heavy (non-hydrogen) atoms. The second kappa shape index (κ2) is 10.2. The van der Waals surface area contributed by atoms with Gasteiger partial charge in [0.25, 0.3) is 0 Å². The van der Waals surface area contributed by atoms with Crippen LogP contribution in [0.5, 0.6) is 0 Å². The third-order valence-corrected chi connectivity index (χ3v) is 6.49. The molecule has 0 aliphatic carbocycles. The van der Waals surface area contributed by atoms with Crippen LogP contribution in [0.25, 0.3) is 11.4 Å². The van der Waals surface area contributed by atoms with Gasteiger partial charge in [-0.3, -0.25) is 9.10 Å². The third kappa shape index (κ3) is 6.41. The predicted octanol–water partition coefficient (Wildman–Crippen LogP) is 3.87. The van der Waals surface area contributed by atoms with E-state index < -0.39 is 10.0 Å². The lowest BCUT2D eigenvalue weighted by Crippen LogP contribution is -2.32. The van der Waals surface area contributed by atoms with Crippen LogP contribution in [0.2, 0.25) is 0 Å². The Labute approximate surface area is 195 Å². The van der Waals surface area contributed by atoms with E-state index in [-0.39, 0.29) is 25.4 Å². The highest BCUT2D eigenvalue weighted by Crippen LogP contribution is 2.22. The topological polar surface area (TPSA) is 96.6 Å². The lowest BCUT2D eigenvalue weighted by Gasteiger charge is -2.23. The van der Waals surface area contributed by atoms with Crippen molar-refractivity contribution in [3.8, 4) is 11.4 Å². The van der Waals surface area contributed by atoms with E-state index in [0.717, 1.165) is 22.3 Å². The average molecular weight is 471 g/mol. The maximum Gasteiger partial charge on any atom is 0.246 e. The minimum absolute atomic E-state index is 0.125. The number of aryl methyl sites for hydroxylation is 3. The fourth-order valence-electron chi connectivity index (χ4n) is 3.69. The molecule has 0 aliphatic rings. The first-order valence-electron chi connectivity index (χ1n) is 10.7. The average Bonchev–Trinajstić information content (AvgIpc) is 3.17. The molecule has 0 aliphatic heterocycles. The number of nitrogens with zero attached hydrogens (tertiary/aromatic N) is 4. The molecule has 1 aromatic heterocycles. The van der Waals surface area contributed by atoms with E-state index in [1.165, 1.54) is 15.5 Å². The smallest absolute Gasteiger partial charge is 0.246 e. The van der Waals surface area contributed by atoms with Crippen LogP contribution in [0.15, 0.2) is 47.0 Å². The Morgan fingerprint density at radius 3 is 2.36 bits per heavy atom. The molecule has 0 spiro atoms. The molecule has 9 heteroatoms. The molecule has 176 valence electrons. The summed E-state index contributed by atoms with van der Waals surface area (Å²) in [6.07, 6.45) is 1.77. The molecule has 3 aromatic rings. The minimum Gasteiger partial charge on any atom is -0.337 e. The molecule has 1 heterocycles. The normalized spacial score (nSPS) is 11.4. The molecule has 0 N–H and O–H groups in total. The molecule has 0 bridgehead atoms. The van der Waals surface area contributed by atoms with Crippen LogP contribution in [0.4, 0.5) is 5.69 Å². The standard InChI is InChI=1S/C24H30N4O4S/c1-17-13-18(2)15-20(14-17)28(33(5,30)31)12-8-11-23(29)27(4)16-22-25-24(26-32-22)21-10-7-6-9-19(21)3/h6-7,9-10,13-15H,8,11-12,16H2,1-5H3. The largest absolute Gasteiger partial charge is 0.337 e. The number of carbonyl (C=O) groups excluding carboxylic acids is 1. The minimum atomic E-state index is -3.47. The predicted molar refractivity (Wildman–Crippen MR) is 128 cm³/mol. The van der Waals surface area contributed by atoms with Gasteiger partial charge in [-0.15, -0.1) is 0 Å². The molecule has 0 fully saturated rings. The second-order valence-electron chi connectivity index (χ2n) is 8.36. The van der Waals surface area contributed by atoms with Crippen molar-refractivity contribution in [1.82, 2.24) is 15.0 Å². The summed E-state index contributed by atoms with van der Waals surface area (Å²) in [7, 11) is -1.81. The van der Waals surface area contributed by atoms with Crippen LogP contribution in [-0.4, -0.2) is 49.2 Å². The number of carbonyl (C=O) groups is 1. The first kappa shape index (κ1) is 24.4. The van der Waals surface area contributed by atoms with E-state index in [1.807, 2.05) is 63.2 Å². The maximum absolute atomic E-state index is 12.6. The Hall–Kier alpha value is -3.20. The van der Waals surface area contributed by atoms with Crippen LogP contribution in [0.3, 0.4) is 0 Å². The highest BCUT2D eigenvalue weighted by atomic mass is 32.2. The monoisotopic (exact) mass is 470 g/mol.